The van der Waals surface area contributed by atoms with Gasteiger partial charge in [0, 0.05) is 25.1 Å². The molecule has 1 fully saturated rings. The molecular weight excluding hydrogens is 456 g/mol. The van der Waals surface area contributed by atoms with E-state index in [1.54, 1.807) is 4.90 Å². The number of nitrogens with one attached hydrogen (secondary N) is 2. The zero-order valence-electron chi connectivity index (χ0n) is 19.6. The van der Waals surface area contributed by atoms with Crippen LogP contribution in [0.3, 0.4) is 0 Å². The van der Waals surface area contributed by atoms with Gasteiger partial charge < -0.3 is 15.0 Å². The predicted octanol–water partition coefficient (Wildman–Crippen LogP) is 3.25. The Bertz CT molecular complexity index is 1290. The number of amides is 2. The standard InChI is InChI=1S/C27H26N6O3/c34-25-15-14-24(33(25)17-20-4-2-1-3-5-20)27(35)28-16-19-8-12-23(13-9-19)36-18-21-6-10-22(11-7-21)26-29-31-32-30-26/h1-13,24H,14-18H2,(H,28,35)(H,29,30,31,32)/t24-/m0/s1. The molecule has 0 aliphatic carbocycles. The van der Waals surface area contributed by atoms with Crippen molar-refractivity contribution < 1.29 is 14.3 Å². The maximum atomic E-state index is 12.8. The maximum Gasteiger partial charge on any atom is 0.243 e. The first-order valence-corrected chi connectivity index (χ1v) is 11.8. The van der Waals surface area contributed by atoms with E-state index in [1.165, 1.54) is 0 Å². The SMILES string of the molecule is O=C(NCc1ccc(OCc2ccc(-c3nn[nH]n3)cc2)cc1)[C@@H]1CCC(=O)N1Cc1ccccc1. The van der Waals surface area contributed by atoms with Crippen LogP contribution in [0.4, 0.5) is 0 Å². The smallest absolute Gasteiger partial charge is 0.243 e. The molecule has 0 saturated carbocycles. The largest absolute Gasteiger partial charge is 0.489 e. The lowest BCUT2D eigenvalue weighted by atomic mass is 10.1. The topological polar surface area (TPSA) is 113 Å². The summed E-state index contributed by atoms with van der Waals surface area (Å²) in [6, 6.07) is 24.7. The zero-order chi connectivity index (χ0) is 24.7. The Labute approximate surface area is 208 Å². The first kappa shape index (κ1) is 23.2. The molecule has 2 amide bonds. The van der Waals surface area contributed by atoms with Crippen molar-refractivity contribution in [2.45, 2.75) is 38.6 Å². The first-order chi connectivity index (χ1) is 17.7. The molecule has 182 valence electrons. The number of tetrazole rings is 1. The van der Waals surface area contributed by atoms with Crippen LogP contribution in [0, 0.1) is 0 Å². The van der Waals surface area contributed by atoms with Crippen molar-refractivity contribution in [1.29, 1.82) is 0 Å². The van der Waals surface area contributed by atoms with Gasteiger partial charge in [0.1, 0.15) is 18.4 Å². The minimum atomic E-state index is -0.438. The lowest BCUT2D eigenvalue weighted by molar-refractivity contribution is -0.135. The van der Waals surface area contributed by atoms with Gasteiger partial charge in [0.15, 0.2) is 0 Å². The average molecular weight is 483 g/mol. The molecule has 0 bridgehead atoms. The highest BCUT2D eigenvalue weighted by atomic mass is 16.5. The van der Waals surface area contributed by atoms with Crippen LogP contribution in [0.15, 0.2) is 78.9 Å². The molecule has 1 aliphatic heterocycles. The second-order valence-electron chi connectivity index (χ2n) is 8.64. The van der Waals surface area contributed by atoms with Gasteiger partial charge in [0.05, 0.1) is 0 Å². The van der Waals surface area contributed by atoms with E-state index >= 15 is 0 Å². The van der Waals surface area contributed by atoms with E-state index in [0.29, 0.717) is 38.4 Å². The van der Waals surface area contributed by atoms with Crippen molar-refractivity contribution in [2.24, 2.45) is 0 Å². The molecule has 1 aliphatic rings. The number of aromatic nitrogens is 4. The maximum absolute atomic E-state index is 12.8. The van der Waals surface area contributed by atoms with Crippen molar-refractivity contribution in [1.82, 2.24) is 30.8 Å². The lowest BCUT2D eigenvalue weighted by Crippen LogP contribution is -2.44. The normalized spacial score (nSPS) is 15.2. The van der Waals surface area contributed by atoms with Crippen LogP contribution in [0.2, 0.25) is 0 Å². The summed E-state index contributed by atoms with van der Waals surface area (Å²) in [4.78, 5) is 26.9. The molecule has 1 atom stereocenters. The summed E-state index contributed by atoms with van der Waals surface area (Å²) in [5, 5.41) is 16.9. The molecule has 1 aromatic heterocycles. The van der Waals surface area contributed by atoms with Crippen LogP contribution >= 0.6 is 0 Å². The molecule has 36 heavy (non-hydrogen) atoms. The molecule has 9 heteroatoms. The van der Waals surface area contributed by atoms with E-state index in [4.69, 9.17) is 4.74 Å². The Balaban J connectivity index is 1.11. The zero-order valence-corrected chi connectivity index (χ0v) is 19.6. The van der Waals surface area contributed by atoms with Crippen molar-refractivity contribution in [2.75, 3.05) is 0 Å². The number of aromatic amines is 1. The molecule has 2 N–H and O–H groups in total. The number of H-pyrrole nitrogens is 1. The highest BCUT2D eigenvalue weighted by molar-refractivity contribution is 5.90. The number of hydrogen-bond donors (Lipinski definition) is 2. The Morgan fingerprint density at radius 1 is 0.972 bits per heavy atom. The van der Waals surface area contributed by atoms with Gasteiger partial charge >= 0.3 is 0 Å². The van der Waals surface area contributed by atoms with Crippen LogP contribution in [0.25, 0.3) is 11.4 Å². The quantitative estimate of drug-likeness (QED) is 0.379. The third-order valence-corrected chi connectivity index (χ3v) is 6.18. The predicted molar refractivity (Wildman–Crippen MR) is 132 cm³/mol. The van der Waals surface area contributed by atoms with Crippen LogP contribution in [0.5, 0.6) is 5.75 Å². The summed E-state index contributed by atoms with van der Waals surface area (Å²) in [6.45, 7) is 1.26. The summed E-state index contributed by atoms with van der Waals surface area (Å²) in [6.07, 6.45) is 0.942. The summed E-state index contributed by atoms with van der Waals surface area (Å²) >= 11 is 0. The van der Waals surface area contributed by atoms with E-state index in [9.17, 15) is 9.59 Å². The fourth-order valence-corrected chi connectivity index (χ4v) is 4.20. The van der Waals surface area contributed by atoms with E-state index in [1.807, 2.05) is 78.9 Å². The van der Waals surface area contributed by atoms with Crippen molar-refractivity contribution in [3.05, 3.63) is 95.6 Å². The minimum absolute atomic E-state index is 0.0185. The minimum Gasteiger partial charge on any atom is -0.489 e. The lowest BCUT2D eigenvalue weighted by Gasteiger charge is -2.24. The van der Waals surface area contributed by atoms with E-state index < -0.39 is 6.04 Å². The number of rotatable bonds is 9. The van der Waals surface area contributed by atoms with E-state index in [0.717, 1.165) is 28.0 Å². The van der Waals surface area contributed by atoms with Gasteiger partial charge in [0.25, 0.3) is 0 Å². The van der Waals surface area contributed by atoms with Gasteiger partial charge in [-0.05, 0) is 40.5 Å². The summed E-state index contributed by atoms with van der Waals surface area (Å²) < 4.78 is 5.89. The summed E-state index contributed by atoms with van der Waals surface area (Å²) in [5.74, 6) is 1.18. The molecule has 0 spiro atoms. The van der Waals surface area contributed by atoms with Crippen LogP contribution < -0.4 is 10.1 Å². The number of hydrogen-bond acceptors (Lipinski definition) is 6. The van der Waals surface area contributed by atoms with Gasteiger partial charge in [-0.25, -0.2) is 0 Å². The Hall–Kier alpha value is -4.53. The van der Waals surface area contributed by atoms with Gasteiger partial charge in [-0.2, -0.15) is 5.21 Å². The molecule has 4 aromatic rings. The second kappa shape index (κ2) is 10.8. The molecule has 9 nitrogen and oxygen atoms in total. The monoisotopic (exact) mass is 482 g/mol. The summed E-state index contributed by atoms with van der Waals surface area (Å²) in [5.41, 5.74) is 3.87. The molecule has 5 rings (SSSR count). The first-order valence-electron chi connectivity index (χ1n) is 11.8. The van der Waals surface area contributed by atoms with Crippen LogP contribution in [0.1, 0.15) is 29.5 Å². The fourth-order valence-electron chi connectivity index (χ4n) is 4.20. The second-order valence-corrected chi connectivity index (χ2v) is 8.64. The van der Waals surface area contributed by atoms with Crippen LogP contribution in [-0.4, -0.2) is 43.4 Å². The van der Waals surface area contributed by atoms with E-state index in [-0.39, 0.29) is 11.8 Å². The molecular formula is C27H26N6O3. The molecule has 0 unspecified atom stereocenters. The van der Waals surface area contributed by atoms with E-state index in [2.05, 4.69) is 25.9 Å². The van der Waals surface area contributed by atoms with Crippen molar-refractivity contribution >= 4 is 11.8 Å². The number of benzene rings is 3. The average Bonchev–Trinajstić information content (AvgIpc) is 3.58. The molecule has 3 aromatic carbocycles. The Morgan fingerprint density at radius 3 is 2.44 bits per heavy atom. The van der Waals surface area contributed by atoms with Gasteiger partial charge in [0.2, 0.25) is 17.6 Å². The molecule has 2 heterocycles. The Kier molecular flexibility index (Phi) is 6.98. The number of ether oxygens (including phenoxy) is 1. The number of nitrogens with zero attached hydrogens (tertiary/aromatic N) is 4. The highest BCUT2D eigenvalue weighted by Gasteiger charge is 2.35. The van der Waals surface area contributed by atoms with Gasteiger partial charge in [-0.15, -0.1) is 10.2 Å². The van der Waals surface area contributed by atoms with Gasteiger partial charge in [-0.1, -0.05) is 66.7 Å². The van der Waals surface area contributed by atoms with Gasteiger partial charge in [-0.3, -0.25) is 9.59 Å². The van der Waals surface area contributed by atoms with Crippen molar-refractivity contribution in [3.8, 4) is 17.1 Å². The molecule has 0 radical (unpaired) electrons. The number of likely N-dealkylation sites (tertiary alicyclic amines) is 1. The highest BCUT2D eigenvalue weighted by Crippen LogP contribution is 2.22. The van der Waals surface area contributed by atoms with Crippen molar-refractivity contribution in [3.63, 3.8) is 0 Å². The number of carbonyl (C=O) groups excluding carboxylic acids is 2. The molecule has 1 saturated heterocycles. The summed E-state index contributed by atoms with van der Waals surface area (Å²) in [7, 11) is 0. The third-order valence-electron chi connectivity index (χ3n) is 6.18. The Morgan fingerprint density at radius 2 is 1.72 bits per heavy atom. The van der Waals surface area contributed by atoms with Crippen LogP contribution in [-0.2, 0) is 29.3 Å². The number of carbonyl (C=O) groups is 2. The third kappa shape index (κ3) is 5.57. The fraction of sp³-hybridized carbons (Fsp3) is 0.222.